The lowest BCUT2D eigenvalue weighted by atomic mass is 10.0. The van der Waals surface area contributed by atoms with Crippen LogP contribution in [0.1, 0.15) is 34.0 Å². The third-order valence-corrected chi connectivity index (χ3v) is 2.50. The number of halogens is 2. The predicted octanol–water partition coefficient (Wildman–Crippen LogP) is 1.91. The summed E-state index contributed by atoms with van der Waals surface area (Å²) < 4.78 is 26.4. The lowest BCUT2D eigenvalue weighted by Gasteiger charge is -2.08. The second-order valence-corrected chi connectivity index (χ2v) is 3.53. The van der Waals surface area contributed by atoms with Crippen molar-refractivity contribution < 1.29 is 23.8 Å². The summed E-state index contributed by atoms with van der Waals surface area (Å²) in [6, 6.07) is 3.28. The molecule has 0 saturated heterocycles. The van der Waals surface area contributed by atoms with Gasteiger partial charge in [0.2, 0.25) is 0 Å². The Hall–Kier alpha value is -1.49. The maximum atomic E-state index is 13.2. The molecule has 0 fully saturated rings. The van der Waals surface area contributed by atoms with Crippen LogP contribution in [-0.4, -0.2) is 16.2 Å². The van der Waals surface area contributed by atoms with Crippen LogP contribution in [0, 0.1) is 0 Å². The van der Waals surface area contributed by atoms with Crippen molar-refractivity contribution in [2.24, 2.45) is 0 Å². The molecule has 0 aromatic heterocycles. The number of carboxylic acids is 1. The molecule has 0 amide bonds. The molecule has 3 nitrogen and oxygen atoms in total. The molecule has 2 N–H and O–H groups in total. The largest absolute Gasteiger partial charge is 0.478 e. The van der Waals surface area contributed by atoms with Crippen molar-refractivity contribution in [3.63, 3.8) is 0 Å². The summed E-state index contributed by atoms with van der Waals surface area (Å²) in [5.41, 5.74) is -0.356. The van der Waals surface area contributed by atoms with Crippen molar-refractivity contribution in [3.05, 3.63) is 34.9 Å². The molecule has 0 bridgehead atoms. The Labute approximate surface area is 84.0 Å². The van der Waals surface area contributed by atoms with E-state index in [9.17, 15) is 18.7 Å². The first-order valence-corrected chi connectivity index (χ1v) is 4.35. The fraction of sp³-hybridized carbons (Fsp3) is 0.300. The second kappa shape index (κ2) is 3.00. The van der Waals surface area contributed by atoms with Crippen molar-refractivity contribution >= 4 is 5.97 Å². The fourth-order valence-electron chi connectivity index (χ4n) is 1.77. The Morgan fingerprint density at radius 1 is 1.47 bits per heavy atom. The smallest absolute Gasteiger partial charge is 0.335 e. The van der Waals surface area contributed by atoms with Gasteiger partial charge in [0, 0.05) is 12.0 Å². The van der Waals surface area contributed by atoms with E-state index in [0.29, 0.717) is 0 Å². The minimum atomic E-state index is -3.06. The van der Waals surface area contributed by atoms with Crippen LogP contribution >= 0.6 is 0 Å². The number of hydrogen-bond donors (Lipinski definition) is 2. The van der Waals surface area contributed by atoms with E-state index in [1.807, 2.05) is 0 Å². The average Bonchev–Trinajstić information content (AvgIpc) is 2.37. The standard InChI is InChI=1S/C10H8F2O3/c11-10(12)4-8(13)6-3-5(9(14)15)1-2-7(6)10/h1-3,8,13H,4H2,(H,14,15)/t8-/m0/s1. The van der Waals surface area contributed by atoms with Crippen LogP contribution in [0.5, 0.6) is 0 Å². The summed E-state index contributed by atoms with van der Waals surface area (Å²) in [4.78, 5) is 10.6. The highest BCUT2D eigenvalue weighted by molar-refractivity contribution is 5.88. The van der Waals surface area contributed by atoms with Crippen LogP contribution in [0.4, 0.5) is 8.78 Å². The summed E-state index contributed by atoms with van der Waals surface area (Å²) in [7, 11) is 0. The number of rotatable bonds is 1. The van der Waals surface area contributed by atoms with Gasteiger partial charge in [-0.25, -0.2) is 13.6 Å². The van der Waals surface area contributed by atoms with E-state index in [1.54, 1.807) is 0 Å². The number of alkyl halides is 2. The molecule has 0 spiro atoms. The zero-order chi connectivity index (χ0) is 11.2. The van der Waals surface area contributed by atoms with Crippen molar-refractivity contribution in [2.45, 2.75) is 18.4 Å². The van der Waals surface area contributed by atoms with Gasteiger partial charge in [-0.1, -0.05) is 6.07 Å². The van der Waals surface area contributed by atoms with Crippen molar-refractivity contribution in [1.29, 1.82) is 0 Å². The molecule has 0 radical (unpaired) electrons. The summed E-state index contributed by atoms with van der Waals surface area (Å²) in [6.07, 6.45) is -1.96. The second-order valence-electron chi connectivity index (χ2n) is 3.53. The zero-order valence-electron chi connectivity index (χ0n) is 7.58. The van der Waals surface area contributed by atoms with E-state index in [1.165, 1.54) is 0 Å². The summed E-state index contributed by atoms with van der Waals surface area (Å²) in [5, 5.41) is 18.0. The van der Waals surface area contributed by atoms with Gasteiger partial charge in [0.15, 0.2) is 0 Å². The van der Waals surface area contributed by atoms with Gasteiger partial charge in [-0.15, -0.1) is 0 Å². The molecule has 1 aliphatic carbocycles. The monoisotopic (exact) mass is 214 g/mol. The topological polar surface area (TPSA) is 57.5 Å². The number of aromatic carboxylic acids is 1. The van der Waals surface area contributed by atoms with Gasteiger partial charge in [0.25, 0.3) is 5.92 Å². The summed E-state index contributed by atoms with van der Waals surface area (Å²) in [6.45, 7) is 0. The highest BCUT2D eigenvalue weighted by Crippen LogP contribution is 2.47. The third kappa shape index (κ3) is 1.48. The molecule has 5 heteroatoms. The van der Waals surface area contributed by atoms with E-state index in [-0.39, 0.29) is 16.7 Å². The minimum Gasteiger partial charge on any atom is -0.478 e. The Balaban J connectivity index is 2.55. The van der Waals surface area contributed by atoms with Crippen LogP contribution in [0.3, 0.4) is 0 Å². The number of fused-ring (bicyclic) bond motifs is 1. The highest BCUT2D eigenvalue weighted by Gasteiger charge is 2.44. The lowest BCUT2D eigenvalue weighted by molar-refractivity contribution is -0.0294. The molecule has 1 aliphatic rings. The van der Waals surface area contributed by atoms with Gasteiger partial charge in [-0.05, 0) is 17.7 Å². The minimum absolute atomic E-state index is 0.0138. The Bertz CT molecular complexity index is 429. The van der Waals surface area contributed by atoms with Gasteiger partial charge in [0.05, 0.1) is 11.7 Å². The first-order valence-electron chi connectivity index (χ1n) is 4.35. The normalized spacial score (nSPS) is 22.5. The number of carbonyl (C=O) groups is 1. The molecule has 2 rings (SSSR count). The van der Waals surface area contributed by atoms with Gasteiger partial charge in [-0.3, -0.25) is 0 Å². The quantitative estimate of drug-likeness (QED) is 0.750. The molecule has 1 aromatic rings. The van der Waals surface area contributed by atoms with Gasteiger partial charge in [0.1, 0.15) is 0 Å². The first kappa shape index (κ1) is 10.0. The number of hydrogen-bond acceptors (Lipinski definition) is 2. The van der Waals surface area contributed by atoms with E-state index >= 15 is 0 Å². The highest BCUT2D eigenvalue weighted by atomic mass is 19.3. The average molecular weight is 214 g/mol. The van der Waals surface area contributed by atoms with Gasteiger partial charge >= 0.3 is 5.97 Å². The van der Waals surface area contributed by atoms with Crippen LogP contribution in [0.25, 0.3) is 0 Å². The molecule has 0 unspecified atom stereocenters. The number of aliphatic hydroxyl groups excluding tert-OH is 1. The number of aliphatic hydroxyl groups is 1. The maximum Gasteiger partial charge on any atom is 0.335 e. The number of carboxylic acid groups (broad SMARTS) is 1. The molecular formula is C10H8F2O3. The fourth-order valence-corrected chi connectivity index (χ4v) is 1.77. The lowest BCUT2D eigenvalue weighted by Crippen LogP contribution is -2.08. The van der Waals surface area contributed by atoms with Crippen LogP contribution in [0.2, 0.25) is 0 Å². The Kier molecular flexibility index (Phi) is 2.01. The zero-order valence-corrected chi connectivity index (χ0v) is 7.58. The van der Waals surface area contributed by atoms with E-state index in [2.05, 4.69) is 0 Å². The van der Waals surface area contributed by atoms with Crippen molar-refractivity contribution in [1.82, 2.24) is 0 Å². The SMILES string of the molecule is O=C(O)c1ccc2c(c1)[C@@H](O)CC2(F)F. The molecule has 0 heterocycles. The molecule has 1 aromatic carbocycles. The predicted molar refractivity (Wildman–Crippen MR) is 46.9 cm³/mol. The van der Waals surface area contributed by atoms with Crippen LogP contribution < -0.4 is 0 Å². The third-order valence-electron chi connectivity index (χ3n) is 2.50. The van der Waals surface area contributed by atoms with E-state index in [4.69, 9.17) is 5.11 Å². The molecular weight excluding hydrogens is 206 g/mol. The molecule has 0 saturated carbocycles. The molecule has 80 valence electrons. The Morgan fingerprint density at radius 3 is 2.73 bits per heavy atom. The van der Waals surface area contributed by atoms with Crippen molar-refractivity contribution in [3.8, 4) is 0 Å². The molecule has 1 atom stereocenters. The summed E-state index contributed by atoms with van der Waals surface area (Å²) in [5.74, 6) is -4.26. The van der Waals surface area contributed by atoms with Gasteiger partial charge < -0.3 is 10.2 Å². The van der Waals surface area contributed by atoms with E-state index in [0.717, 1.165) is 18.2 Å². The number of benzene rings is 1. The Morgan fingerprint density at radius 2 is 2.13 bits per heavy atom. The summed E-state index contributed by atoms with van der Waals surface area (Å²) >= 11 is 0. The van der Waals surface area contributed by atoms with Crippen molar-refractivity contribution in [2.75, 3.05) is 0 Å². The van der Waals surface area contributed by atoms with Gasteiger partial charge in [-0.2, -0.15) is 0 Å². The van der Waals surface area contributed by atoms with E-state index < -0.39 is 24.4 Å². The van der Waals surface area contributed by atoms with Crippen LogP contribution in [-0.2, 0) is 5.92 Å². The maximum absolute atomic E-state index is 13.2. The molecule has 15 heavy (non-hydrogen) atoms. The molecule has 0 aliphatic heterocycles. The first-order chi connectivity index (χ1) is 6.92. The van der Waals surface area contributed by atoms with Crippen LogP contribution in [0.15, 0.2) is 18.2 Å².